The molecular weight excluding hydrogens is 138 g/mol. The second-order valence-corrected chi connectivity index (χ2v) is 2.43. The third kappa shape index (κ3) is 1.07. The van der Waals surface area contributed by atoms with Gasteiger partial charge >= 0.3 is 0 Å². The molecule has 0 unspecified atom stereocenters. The van der Waals surface area contributed by atoms with Crippen molar-refractivity contribution < 1.29 is 4.74 Å². The molecule has 1 radical (unpaired) electrons. The number of hydrogen-bond donors (Lipinski definition) is 1. The van der Waals surface area contributed by atoms with Crippen LogP contribution in [0.2, 0.25) is 0 Å². The zero-order valence-electron chi connectivity index (χ0n) is 6.00. The predicted molar refractivity (Wildman–Crippen MR) is 44.1 cm³/mol. The van der Waals surface area contributed by atoms with Crippen LogP contribution in [0.1, 0.15) is 5.56 Å². The highest BCUT2D eigenvalue weighted by Crippen LogP contribution is 2.25. The molecule has 0 amide bonds. The Balaban J connectivity index is 2.53. The Hall–Kier alpha value is -1.44. The van der Waals surface area contributed by atoms with Crippen LogP contribution in [0.25, 0.3) is 6.08 Å². The molecule has 1 aliphatic rings. The maximum Gasteiger partial charge on any atom is 0.129 e. The van der Waals surface area contributed by atoms with Crippen LogP contribution >= 0.6 is 0 Å². The second kappa shape index (κ2) is 2.31. The van der Waals surface area contributed by atoms with Crippen molar-refractivity contribution in [3.63, 3.8) is 0 Å². The van der Waals surface area contributed by atoms with Crippen LogP contribution in [0.3, 0.4) is 0 Å². The minimum Gasteiger partial charge on any atom is -0.488 e. The maximum atomic E-state index is 5.57. The summed E-state index contributed by atoms with van der Waals surface area (Å²) in [4.78, 5) is 0. The van der Waals surface area contributed by atoms with Crippen molar-refractivity contribution in [2.45, 2.75) is 0 Å². The number of anilines is 1. The molecule has 2 heteroatoms. The van der Waals surface area contributed by atoms with Gasteiger partial charge in [-0.05, 0) is 24.3 Å². The highest BCUT2D eigenvalue weighted by Gasteiger charge is 2.04. The summed E-state index contributed by atoms with van der Waals surface area (Å²) in [5, 5.41) is 0. The first-order valence-electron chi connectivity index (χ1n) is 3.45. The van der Waals surface area contributed by atoms with Crippen molar-refractivity contribution in [2.75, 3.05) is 12.3 Å². The van der Waals surface area contributed by atoms with E-state index in [0.29, 0.717) is 6.61 Å². The van der Waals surface area contributed by atoms with Crippen molar-refractivity contribution in [3.05, 3.63) is 29.8 Å². The minimum atomic E-state index is 0.524. The first kappa shape index (κ1) is 6.28. The van der Waals surface area contributed by atoms with Gasteiger partial charge < -0.3 is 10.5 Å². The smallest absolute Gasteiger partial charge is 0.129 e. The molecule has 1 heterocycles. The van der Waals surface area contributed by atoms with E-state index in [2.05, 4.69) is 6.08 Å². The number of hydrogen-bond acceptors (Lipinski definition) is 2. The lowest BCUT2D eigenvalue weighted by molar-refractivity contribution is 0.353. The minimum absolute atomic E-state index is 0.524. The van der Waals surface area contributed by atoms with Crippen LogP contribution in [0.15, 0.2) is 18.2 Å². The van der Waals surface area contributed by atoms with Crippen molar-refractivity contribution >= 4 is 11.8 Å². The first-order chi connectivity index (χ1) is 5.36. The fourth-order valence-electron chi connectivity index (χ4n) is 1.07. The summed E-state index contributed by atoms with van der Waals surface area (Å²) in [5.74, 6) is 0.851. The molecule has 55 valence electrons. The van der Waals surface area contributed by atoms with E-state index in [-0.39, 0.29) is 0 Å². The Bertz CT molecular complexity index is 304. The lowest BCUT2D eigenvalue weighted by Gasteiger charge is -2.11. The van der Waals surface area contributed by atoms with E-state index in [4.69, 9.17) is 10.5 Å². The average molecular weight is 146 g/mol. The zero-order chi connectivity index (χ0) is 7.68. The fourth-order valence-corrected chi connectivity index (χ4v) is 1.07. The van der Waals surface area contributed by atoms with E-state index in [0.717, 1.165) is 17.0 Å². The number of rotatable bonds is 0. The molecule has 0 saturated carbocycles. The van der Waals surface area contributed by atoms with Gasteiger partial charge in [-0.3, -0.25) is 0 Å². The van der Waals surface area contributed by atoms with Crippen molar-refractivity contribution in [1.29, 1.82) is 0 Å². The zero-order valence-corrected chi connectivity index (χ0v) is 6.00. The summed E-state index contributed by atoms with van der Waals surface area (Å²) < 4.78 is 5.28. The van der Waals surface area contributed by atoms with Gasteiger partial charge in [-0.25, -0.2) is 0 Å². The SMILES string of the molecule is Nc1ccc2c(c1)OC[C]=C2. The fraction of sp³-hybridized carbons (Fsp3) is 0.111. The summed E-state index contributed by atoms with van der Waals surface area (Å²) >= 11 is 0. The van der Waals surface area contributed by atoms with Gasteiger partial charge in [-0.1, -0.05) is 0 Å². The van der Waals surface area contributed by atoms with Crippen molar-refractivity contribution in [1.82, 2.24) is 0 Å². The molecular formula is C9H8NO. The summed E-state index contributed by atoms with van der Waals surface area (Å²) in [7, 11) is 0. The van der Waals surface area contributed by atoms with Crippen LogP contribution in [-0.4, -0.2) is 6.61 Å². The van der Waals surface area contributed by atoms with Crippen LogP contribution in [0.5, 0.6) is 5.75 Å². The summed E-state index contributed by atoms with van der Waals surface area (Å²) in [5.41, 5.74) is 7.35. The Morgan fingerprint density at radius 2 is 2.36 bits per heavy atom. The van der Waals surface area contributed by atoms with E-state index in [1.807, 2.05) is 24.3 Å². The van der Waals surface area contributed by atoms with Crippen molar-refractivity contribution in [3.8, 4) is 5.75 Å². The number of ether oxygens (including phenoxy) is 1. The second-order valence-electron chi connectivity index (χ2n) is 2.43. The monoisotopic (exact) mass is 146 g/mol. The molecule has 0 bridgehead atoms. The molecule has 0 aliphatic carbocycles. The molecule has 2 N–H and O–H groups in total. The molecule has 0 aromatic heterocycles. The Kier molecular flexibility index (Phi) is 1.32. The third-order valence-corrected chi connectivity index (χ3v) is 1.61. The van der Waals surface area contributed by atoms with Crippen LogP contribution < -0.4 is 10.5 Å². The average Bonchev–Trinajstić information content (AvgIpc) is 2.04. The normalized spacial score (nSPS) is 13.8. The maximum absolute atomic E-state index is 5.57. The molecule has 0 saturated heterocycles. The topological polar surface area (TPSA) is 35.2 Å². The molecule has 1 aliphatic heterocycles. The van der Waals surface area contributed by atoms with Gasteiger partial charge in [0.15, 0.2) is 0 Å². The lowest BCUT2D eigenvalue weighted by Crippen LogP contribution is -2.01. The summed E-state index contributed by atoms with van der Waals surface area (Å²) in [6, 6.07) is 5.61. The molecule has 1 aromatic carbocycles. The lowest BCUT2D eigenvalue weighted by atomic mass is 10.1. The molecule has 0 spiro atoms. The predicted octanol–water partition coefficient (Wildman–Crippen LogP) is 1.48. The van der Waals surface area contributed by atoms with Gasteiger partial charge in [0.2, 0.25) is 0 Å². The highest BCUT2D eigenvalue weighted by molar-refractivity contribution is 5.62. The van der Waals surface area contributed by atoms with Gasteiger partial charge in [0, 0.05) is 17.3 Å². The molecule has 2 rings (SSSR count). The molecule has 1 aromatic rings. The number of nitrogen functional groups attached to an aromatic ring is 1. The number of fused-ring (bicyclic) bond motifs is 1. The van der Waals surface area contributed by atoms with Gasteiger partial charge in [0.25, 0.3) is 0 Å². The number of benzene rings is 1. The van der Waals surface area contributed by atoms with Gasteiger partial charge in [0.1, 0.15) is 12.4 Å². The van der Waals surface area contributed by atoms with E-state index in [1.54, 1.807) is 0 Å². The first-order valence-corrected chi connectivity index (χ1v) is 3.45. The van der Waals surface area contributed by atoms with Crippen LogP contribution in [0, 0.1) is 6.08 Å². The quantitative estimate of drug-likeness (QED) is 0.562. The van der Waals surface area contributed by atoms with Gasteiger partial charge in [-0.2, -0.15) is 0 Å². The van der Waals surface area contributed by atoms with E-state index in [1.165, 1.54) is 0 Å². The van der Waals surface area contributed by atoms with Crippen LogP contribution in [0.4, 0.5) is 5.69 Å². The van der Waals surface area contributed by atoms with Gasteiger partial charge in [-0.15, -0.1) is 0 Å². The Labute approximate surface area is 65.3 Å². The van der Waals surface area contributed by atoms with Crippen molar-refractivity contribution in [2.24, 2.45) is 0 Å². The van der Waals surface area contributed by atoms with Gasteiger partial charge in [0.05, 0.1) is 0 Å². The standard InChI is InChI=1S/C9H8NO/c10-8-4-3-7-2-1-5-11-9(7)6-8/h2-4,6H,5,10H2. The molecule has 2 nitrogen and oxygen atoms in total. The summed E-state index contributed by atoms with van der Waals surface area (Å²) in [6.45, 7) is 0.524. The Morgan fingerprint density at radius 3 is 3.27 bits per heavy atom. The summed E-state index contributed by atoms with van der Waals surface area (Å²) in [6.07, 6.45) is 4.89. The number of nitrogens with two attached hydrogens (primary N) is 1. The molecule has 0 fully saturated rings. The van der Waals surface area contributed by atoms with Crippen LogP contribution in [-0.2, 0) is 0 Å². The molecule has 0 atom stereocenters. The van der Waals surface area contributed by atoms with E-state index < -0.39 is 0 Å². The van der Waals surface area contributed by atoms with E-state index in [9.17, 15) is 0 Å². The third-order valence-electron chi connectivity index (χ3n) is 1.61. The Morgan fingerprint density at radius 1 is 1.45 bits per heavy atom. The molecule has 11 heavy (non-hydrogen) atoms. The largest absolute Gasteiger partial charge is 0.488 e. The van der Waals surface area contributed by atoms with E-state index >= 15 is 0 Å². The highest BCUT2D eigenvalue weighted by atomic mass is 16.5.